The highest BCUT2D eigenvalue weighted by molar-refractivity contribution is 5.94. The van der Waals surface area contributed by atoms with Crippen LogP contribution in [0.15, 0.2) is 36.0 Å². The molecule has 0 saturated carbocycles. The highest BCUT2D eigenvalue weighted by Crippen LogP contribution is 2.46. The van der Waals surface area contributed by atoms with Crippen molar-refractivity contribution in [2.45, 2.75) is 38.2 Å². The van der Waals surface area contributed by atoms with Crippen molar-refractivity contribution in [2.75, 3.05) is 38.7 Å². The fourth-order valence-corrected chi connectivity index (χ4v) is 3.92. The minimum Gasteiger partial charge on any atom is -0.377 e. The van der Waals surface area contributed by atoms with E-state index >= 15 is 0 Å². The summed E-state index contributed by atoms with van der Waals surface area (Å²) in [5.41, 5.74) is 3.39. The van der Waals surface area contributed by atoms with Crippen molar-refractivity contribution in [3.63, 3.8) is 0 Å². The molecule has 4 heteroatoms. The van der Waals surface area contributed by atoms with Crippen LogP contribution in [0, 0.1) is 0 Å². The van der Waals surface area contributed by atoms with Crippen molar-refractivity contribution < 1.29 is 9.53 Å². The fourth-order valence-electron chi connectivity index (χ4n) is 3.92. The number of carbonyl (C=O) groups is 1. The number of carbonyl (C=O) groups excluding carboxylic acids is 1. The zero-order valence-electron chi connectivity index (χ0n) is 15.2. The Morgan fingerprint density at radius 1 is 1.42 bits per heavy atom. The first kappa shape index (κ1) is 17.2. The van der Waals surface area contributed by atoms with Crippen LogP contribution in [-0.4, -0.2) is 50.6 Å². The van der Waals surface area contributed by atoms with Crippen LogP contribution in [0.3, 0.4) is 0 Å². The number of ketones is 1. The quantitative estimate of drug-likeness (QED) is 0.778. The third-order valence-corrected chi connectivity index (χ3v) is 5.20. The number of likely N-dealkylation sites (N-methyl/N-ethyl adjacent to an activating group) is 2. The molecule has 0 aromatic heterocycles. The number of fused-ring (bicyclic) bond motifs is 1. The second-order valence-corrected chi connectivity index (χ2v) is 7.53. The monoisotopic (exact) mass is 328 g/mol. The maximum atomic E-state index is 12.6. The van der Waals surface area contributed by atoms with Crippen molar-refractivity contribution in [3.8, 4) is 0 Å². The normalized spacial score (nSPS) is 24.0. The van der Waals surface area contributed by atoms with Crippen LogP contribution in [0.25, 0.3) is 0 Å². The summed E-state index contributed by atoms with van der Waals surface area (Å²) in [6.45, 7) is 6.49. The minimum atomic E-state index is -0.145. The fraction of sp³-hybridized carbons (Fsp3) is 0.550. The number of hydrogen-bond donors (Lipinski definition) is 0. The van der Waals surface area contributed by atoms with Gasteiger partial charge in [0.1, 0.15) is 0 Å². The molecule has 1 unspecified atom stereocenters. The van der Waals surface area contributed by atoms with Crippen LogP contribution < -0.4 is 4.90 Å². The number of para-hydroxylation sites is 1. The Bertz CT molecular complexity index is 645. The lowest BCUT2D eigenvalue weighted by molar-refractivity contribution is -0.115. The smallest absolute Gasteiger partial charge is 0.171 e. The van der Waals surface area contributed by atoms with E-state index in [1.165, 1.54) is 11.3 Å². The molecule has 1 aromatic rings. The number of ether oxygens (including phenoxy) is 1. The van der Waals surface area contributed by atoms with Gasteiger partial charge in [-0.25, -0.2) is 0 Å². The van der Waals surface area contributed by atoms with E-state index in [1.54, 1.807) is 0 Å². The van der Waals surface area contributed by atoms with Crippen molar-refractivity contribution >= 4 is 11.5 Å². The predicted molar refractivity (Wildman–Crippen MR) is 97.4 cm³/mol. The predicted octanol–water partition coefficient (Wildman–Crippen LogP) is 2.98. The highest BCUT2D eigenvalue weighted by atomic mass is 16.5. The maximum absolute atomic E-state index is 12.6. The number of benzene rings is 1. The van der Waals surface area contributed by atoms with Crippen molar-refractivity contribution in [1.29, 1.82) is 0 Å². The van der Waals surface area contributed by atoms with Crippen LogP contribution in [0.5, 0.6) is 0 Å². The summed E-state index contributed by atoms with van der Waals surface area (Å²) in [6, 6.07) is 8.38. The van der Waals surface area contributed by atoms with Gasteiger partial charge in [-0.2, -0.15) is 0 Å². The summed E-state index contributed by atoms with van der Waals surface area (Å²) in [7, 11) is 4.04. The standard InChI is InChI=1S/C20H28N2O2/c1-20(2)17-9-5-6-10-18(17)22(4)19(20)12-15(23)13-21(3)14-16-8-7-11-24-16/h5-6,9-10,12,16H,7-8,11,13-14H2,1-4H3/b19-12-. The molecule has 0 radical (unpaired) electrons. The largest absolute Gasteiger partial charge is 0.377 e. The van der Waals surface area contributed by atoms with Crippen LogP contribution in [0.4, 0.5) is 5.69 Å². The molecule has 0 spiro atoms. The lowest BCUT2D eigenvalue weighted by Gasteiger charge is -2.24. The van der Waals surface area contributed by atoms with Gasteiger partial charge < -0.3 is 9.64 Å². The van der Waals surface area contributed by atoms with Gasteiger partial charge >= 0.3 is 0 Å². The molecule has 4 nitrogen and oxygen atoms in total. The summed E-state index contributed by atoms with van der Waals surface area (Å²) in [5, 5.41) is 0. The second-order valence-electron chi connectivity index (χ2n) is 7.53. The van der Waals surface area contributed by atoms with Gasteiger partial charge in [0.25, 0.3) is 0 Å². The molecule has 3 rings (SSSR count). The lowest BCUT2D eigenvalue weighted by Crippen LogP contribution is -2.33. The van der Waals surface area contributed by atoms with Crippen molar-refractivity contribution in [1.82, 2.24) is 4.90 Å². The van der Waals surface area contributed by atoms with Gasteiger partial charge in [0.15, 0.2) is 5.78 Å². The van der Waals surface area contributed by atoms with Crippen LogP contribution in [0.2, 0.25) is 0 Å². The van der Waals surface area contributed by atoms with E-state index in [9.17, 15) is 4.79 Å². The Labute approximate surface area is 145 Å². The first-order chi connectivity index (χ1) is 11.4. The number of nitrogens with zero attached hydrogens (tertiary/aromatic N) is 2. The molecule has 1 saturated heterocycles. The molecule has 0 aliphatic carbocycles. The second kappa shape index (κ2) is 6.69. The molecule has 1 atom stereocenters. The third-order valence-electron chi connectivity index (χ3n) is 5.20. The Kier molecular flexibility index (Phi) is 4.79. The summed E-state index contributed by atoms with van der Waals surface area (Å²) < 4.78 is 5.65. The van der Waals surface area contributed by atoms with E-state index in [4.69, 9.17) is 4.74 Å². The molecular weight excluding hydrogens is 300 g/mol. The highest BCUT2D eigenvalue weighted by Gasteiger charge is 2.38. The van der Waals surface area contributed by atoms with Gasteiger partial charge in [-0.05, 0) is 31.5 Å². The van der Waals surface area contributed by atoms with Crippen LogP contribution in [-0.2, 0) is 14.9 Å². The first-order valence-corrected chi connectivity index (χ1v) is 8.78. The van der Waals surface area contributed by atoms with Gasteiger partial charge in [0.05, 0.1) is 12.6 Å². The Morgan fingerprint density at radius 3 is 2.83 bits per heavy atom. The average Bonchev–Trinajstić information content (AvgIpc) is 3.09. The van der Waals surface area contributed by atoms with Gasteiger partial charge in [-0.3, -0.25) is 9.69 Å². The van der Waals surface area contributed by atoms with E-state index in [1.807, 2.05) is 26.2 Å². The summed E-state index contributed by atoms with van der Waals surface area (Å²) in [4.78, 5) is 16.8. The Morgan fingerprint density at radius 2 is 2.17 bits per heavy atom. The molecular formula is C20H28N2O2. The van der Waals surface area contributed by atoms with E-state index in [0.29, 0.717) is 6.54 Å². The first-order valence-electron chi connectivity index (χ1n) is 8.78. The summed E-state index contributed by atoms with van der Waals surface area (Å²) >= 11 is 0. The molecule has 24 heavy (non-hydrogen) atoms. The number of hydrogen-bond acceptors (Lipinski definition) is 4. The summed E-state index contributed by atoms with van der Waals surface area (Å²) in [6.07, 6.45) is 4.34. The molecule has 1 aromatic carbocycles. The molecule has 130 valence electrons. The molecule has 0 amide bonds. The maximum Gasteiger partial charge on any atom is 0.171 e. The topological polar surface area (TPSA) is 32.8 Å². The van der Waals surface area contributed by atoms with Crippen LogP contribution >= 0.6 is 0 Å². The minimum absolute atomic E-state index is 0.145. The van der Waals surface area contributed by atoms with E-state index in [0.717, 1.165) is 31.7 Å². The van der Waals surface area contributed by atoms with E-state index in [-0.39, 0.29) is 17.3 Å². The zero-order valence-corrected chi connectivity index (χ0v) is 15.2. The van der Waals surface area contributed by atoms with E-state index in [2.05, 4.69) is 41.8 Å². The van der Waals surface area contributed by atoms with Gasteiger partial charge in [-0.1, -0.05) is 32.0 Å². The number of rotatable bonds is 5. The summed E-state index contributed by atoms with van der Waals surface area (Å²) in [5.74, 6) is 0.151. The molecule has 1 fully saturated rings. The van der Waals surface area contributed by atoms with Crippen molar-refractivity contribution in [2.24, 2.45) is 0 Å². The zero-order chi connectivity index (χ0) is 17.3. The molecule has 0 bridgehead atoms. The molecule has 2 aliphatic rings. The third kappa shape index (κ3) is 3.26. The SMILES string of the molecule is CN(CC(=O)/C=C1\N(C)c2ccccc2C1(C)C)CC1CCCO1. The van der Waals surface area contributed by atoms with Gasteiger partial charge in [0.2, 0.25) is 0 Å². The molecule has 2 heterocycles. The number of anilines is 1. The lowest BCUT2D eigenvalue weighted by atomic mass is 9.83. The number of allylic oxidation sites excluding steroid dienone is 1. The van der Waals surface area contributed by atoms with Crippen LogP contribution in [0.1, 0.15) is 32.3 Å². The molecule has 2 aliphatic heterocycles. The van der Waals surface area contributed by atoms with Gasteiger partial charge in [0, 0.05) is 43.1 Å². The molecule has 0 N–H and O–H groups in total. The Hall–Kier alpha value is -1.65. The van der Waals surface area contributed by atoms with Gasteiger partial charge in [-0.15, -0.1) is 0 Å². The Balaban J connectivity index is 1.70. The van der Waals surface area contributed by atoms with E-state index < -0.39 is 0 Å². The average molecular weight is 328 g/mol. The van der Waals surface area contributed by atoms with Crippen molar-refractivity contribution in [3.05, 3.63) is 41.6 Å².